The number of hydrogen-bond donors (Lipinski definition) is 0. The average Bonchev–Trinajstić information content (AvgIpc) is 2.93. The number of ether oxygens (including phenoxy) is 1. The van der Waals surface area contributed by atoms with Crippen molar-refractivity contribution in [1.29, 1.82) is 5.26 Å². The first kappa shape index (κ1) is 21.5. The molecule has 0 aromatic heterocycles. The Balaban J connectivity index is 1.95. The van der Waals surface area contributed by atoms with E-state index in [1.54, 1.807) is 11.0 Å². The maximum absolute atomic E-state index is 12.6. The summed E-state index contributed by atoms with van der Waals surface area (Å²) in [6.07, 6.45) is 1.84. The summed E-state index contributed by atoms with van der Waals surface area (Å²) in [6.45, 7) is 2.74. The van der Waals surface area contributed by atoms with E-state index in [2.05, 4.69) is 51.3 Å². The standard InChI is InChI=1S/C20H14I2N2O2S2/c1-2-24-19(25)17(28-20(24)27)8-14-7-15(21)9-16(22)18(14)26-11-13-6-4-3-5-12(13)10-23/h3-9H,2,11H2,1H3/b17-8-. The van der Waals surface area contributed by atoms with Crippen molar-refractivity contribution in [2.45, 2.75) is 13.5 Å². The smallest absolute Gasteiger partial charge is 0.266 e. The van der Waals surface area contributed by atoms with Gasteiger partial charge in [0.05, 0.1) is 20.1 Å². The highest BCUT2D eigenvalue weighted by Crippen LogP contribution is 2.36. The van der Waals surface area contributed by atoms with Crippen LogP contribution < -0.4 is 4.74 Å². The van der Waals surface area contributed by atoms with Gasteiger partial charge in [-0.3, -0.25) is 9.69 Å². The molecule has 0 atom stereocenters. The van der Waals surface area contributed by atoms with Crippen LogP contribution in [0, 0.1) is 18.5 Å². The Labute approximate surface area is 200 Å². The van der Waals surface area contributed by atoms with E-state index in [1.807, 2.05) is 43.3 Å². The van der Waals surface area contributed by atoms with Crippen LogP contribution in [0.4, 0.5) is 0 Å². The molecule has 2 aromatic rings. The van der Waals surface area contributed by atoms with E-state index in [0.29, 0.717) is 27.1 Å². The maximum atomic E-state index is 12.6. The molecule has 2 aromatic carbocycles. The van der Waals surface area contributed by atoms with Crippen molar-refractivity contribution < 1.29 is 9.53 Å². The Morgan fingerprint density at radius 3 is 2.75 bits per heavy atom. The first-order valence-corrected chi connectivity index (χ1v) is 11.7. The summed E-state index contributed by atoms with van der Waals surface area (Å²) in [7, 11) is 0. The van der Waals surface area contributed by atoms with Crippen LogP contribution in [0.15, 0.2) is 41.3 Å². The minimum absolute atomic E-state index is 0.0767. The SMILES string of the molecule is CCN1C(=O)/C(=C/c2cc(I)cc(I)c2OCc2ccccc2C#N)SC1=S. The second-order valence-electron chi connectivity index (χ2n) is 5.79. The molecule has 28 heavy (non-hydrogen) atoms. The number of thiocarbonyl (C=S) groups is 1. The minimum Gasteiger partial charge on any atom is -0.487 e. The number of carbonyl (C=O) groups excluding carboxylic acids is 1. The van der Waals surface area contributed by atoms with Crippen molar-refractivity contribution in [2.24, 2.45) is 0 Å². The number of nitriles is 1. The highest BCUT2D eigenvalue weighted by Gasteiger charge is 2.31. The fourth-order valence-corrected chi connectivity index (χ4v) is 6.08. The highest BCUT2D eigenvalue weighted by molar-refractivity contribution is 14.1. The molecule has 0 spiro atoms. The summed E-state index contributed by atoms with van der Waals surface area (Å²) in [5.41, 5.74) is 2.23. The second-order valence-corrected chi connectivity index (χ2v) is 9.87. The van der Waals surface area contributed by atoms with Gasteiger partial charge < -0.3 is 4.74 Å². The molecule has 0 radical (unpaired) electrons. The Hall–Kier alpha value is -1.16. The number of nitrogens with zero attached hydrogens (tertiary/aromatic N) is 2. The number of carbonyl (C=O) groups is 1. The van der Waals surface area contributed by atoms with Gasteiger partial charge in [-0.1, -0.05) is 42.2 Å². The lowest BCUT2D eigenvalue weighted by Crippen LogP contribution is -2.27. The average molecular weight is 632 g/mol. The van der Waals surface area contributed by atoms with Gasteiger partial charge in [0.1, 0.15) is 16.7 Å². The lowest BCUT2D eigenvalue weighted by molar-refractivity contribution is -0.121. The molecule has 1 aliphatic rings. The van der Waals surface area contributed by atoms with Gasteiger partial charge >= 0.3 is 0 Å². The number of thioether (sulfide) groups is 1. The zero-order valence-corrected chi connectivity index (χ0v) is 20.7. The molecule has 1 fully saturated rings. The van der Waals surface area contributed by atoms with Crippen LogP contribution >= 0.6 is 69.2 Å². The van der Waals surface area contributed by atoms with E-state index in [9.17, 15) is 10.1 Å². The van der Waals surface area contributed by atoms with Gasteiger partial charge in [0.15, 0.2) is 0 Å². The molecule has 4 nitrogen and oxygen atoms in total. The molecule has 8 heteroatoms. The van der Waals surface area contributed by atoms with Crippen molar-refractivity contribution in [3.05, 3.63) is 65.1 Å². The largest absolute Gasteiger partial charge is 0.487 e. The molecular formula is C20H14I2N2O2S2. The number of halogens is 2. The predicted molar refractivity (Wildman–Crippen MR) is 133 cm³/mol. The van der Waals surface area contributed by atoms with E-state index < -0.39 is 0 Å². The Morgan fingerprint density at radius 2 is 2.07 bits per heavy atom. The summed E-state index contributed by atoms with van der Waals surface area (Å²) in [5, 5.41) is 9.28. The zero-order valence-electron chi connectivity index (χ0n) is 14.7. The molecule has 1 aliphatic heterocycles. The fourth-order valence-electron chi connectivity index (χ4n) is 2.66. The molecule has 0 bridgehead atoms. The fraction of sp³-hybridized carbons (Fsp3) is 0.150. The van der Waals surface area contributed by atoms with Gasteiger partial charge in [0, 0.05) is 21.2 Å². The number of hydrogen-bond acceptors (Lipinski definition) is 5. The third kappa shape index (κ3) is 4.69. The lowest BCUT2D eigenvalue weighted by Gasteiger charge is -2.13. The normalized spacial score (nSPS) is 15.2. The summed E-state index contributed by atoms with van der Waals surface area (Å²) < 4.78 is 8.66. The van der Waals surface area contributed by atoms with Crippen LogP contribution in [0.3, 0.4) is 0 Å². The maximum Gasteiger partial charge on any atom is 0.266 e. The topological polar surface area (TPSA) is 53.3 Å². The molecule has 1 saturated heterocycles. The molecule has 1 amide bonds. The molecule has 0 unspecified atom stereocenters. The van der Waals surface area contributed by atoms with Crippen molar-refractivity contribution in [2.75, 3.05) is 6.54 Å². The van der Waals surface area contributed by atoms with Gasteiger partial charge in [-0.15, -0.1) is 0 Å². The summed E-state index contributed by atoms with van der Waals surface area (Å²) in [6, 6.07) is 13.5. The third-order valence-corrected chi connectivity index (χ3v) is 6.83. The van der Waals surface area contributed by atoms with Gasteiger partial charge in [0.2, 0.25) is 0 Å². The molecule has 1 heterocycles. The van der Waals surface area contributed by atoms with Gasteiger partial charge in [-0.2, -0.15) is 5.26 Å². The van der Waals surface area contributed by atoms with Crippen molar-refractivity contribution in [3.63, 3.8) is 0 Å². The quantitative estimate of drug-likeness (QED) is 0.246. The van der Waals surface area contributed by atoms with Crippen LogP contribution in [0.2, 0.25) is 0 Å². The summed E-state index contributed by atoms with van der Waals surface area (Å²) >= 11 is 11.1. The Kier molecular flexibility index (Phi) is 7.36. The van der Waals surface area contributed by atoms with Crippen LogP contribution in [0.5, 0.6) is 5.75 Å². The van der Waals surface area contributed by atoms with E-state index >= 15 is 0 Å². The van der Waals surface area contributed by atoms with E-state index in [4.69, 9.17) is 17.0 Å². The van der Waals surface area contributed by atoms with Crippen LogP contribution in [0.1, 0.15) is 23.6 Å². The number of benzene rings is 2. The highest BCUT2D eigenvalue weighted by atomic mass is 127. The minimum atomic E-state index is -0.0767. The molecule has 142 valence electrons. The monoisotopic (exact) mass is 632 g/mol. The first-order chi connectivity index (χ1) is 13.4. The predicted octanol–water partition coefficient (Wildman–Crippen LogP) is 5.57. The van der Waals surface area contributed by atoms with Crippen LogP contribution in [-0.2, 0) is 11.4 Å². The lowest BCUT2D eigenvalue weighted by atomic mass is 10.1. The van der Waals surface area contributed by atoms with E-state index in [1.165, 1.54) is 11.8 Å². The van der Waals surface area contributed by atoms with E-state index in [0.717, 1.165) is 18.3 Å². The van der Waals surface area contributed by atoms with E-state index in [-0.39, 0.29) is 12.5 Å². The second kappa shape index (κ2) is 9.56. The van der Waals surface area contributed by atoms with Crippen molar-refractivity contribution >= 4 is 85.5 Å². The van der Waals surface area contributed by atoms with Gasteiger partial charge in [-0.25, -0.2) is 0 Å². The zero-order chi connectivity index (χ0) is 20.3. The Morgan fingerprint density at radius 1 is 1.32 bits per heavy atom. The van der Waals surface area contributed by atoms with Crippen molar-refractivity contribution in [3.8, 4) is 11.8 Å². The molecule has 0 saturated carbocycles. The number of likely N-dealkylation sites (N-methyl/N-ethyl adjacent to an activating group) is 1. The third-order valence-electron chi connectivity index (χ3n) is 4.02. The molecule has 0 N–H and O–H groups in total. The summed E-state index contributed by atoms with van der Waals surface area (Å²) in [5.74, 6) is 0.614. The Bertz CT molecular complexity index is 1030. The molecule has 0 aliphatic carbocycles. The van der Waals surface area contributed by atoms with Gasteiger partial charge in [0.25, 0.3) is 5.91 Å². The van der Waals surface area contributed by atoms with Crippen molar-refractivity contribution in [1.82, 2.24) is 4.90 Å². The van der Waals surface area contributed by atoms with Crippen LogP contribution in [0.25, 0.3) is 6.08 Å². The number of rotatable bonds is 5. The van der Waals surface area contributed by atoms with Crippen LogP contribution in [-0.4, -0.2) is 21.7 Å². The molecular weight excluding hydrogens is 618 g/mol. The summed E-state index contributed by atoms with van der Waals surface area (Å²) in [4.78, 5) is 14.7. The number of amides is 1. The van der Waals surface area contributed by atoms with Gasteiger partial charge in [-0.05, 0) is 76.4 Å². The first-order valence-electron chi connectivity index (χ1n) is 8.29. The molecule has 3 rings (SSSR count).